The van der Waals surface area contributed by atoms with Crippen LogP contribution in [0, 0.1) is 0 Å². The molecule has 0 saturated carbocycles. The molecule has 2 aromatic rings. The first-order valence-corrected chi connectivity index (χ1v) is 9.33. The summed E-state index contributed by atoms with van der Waals surface area (Å²) in [7, 11) is 0. The van der Waals surface area contributed by atoms with Crippen LogP contribution in [0.25, 0.3) is 10.8 Å². The van der Waals surface area contributed by atoms with Gasteiger partial charge in [0.25, 0.3) is 0 Å². The first kappa shape index (κ1) is 21.4. The summed E-state index contributed by atoms with van der Waals surface area (Å²) in [5, 5.41) is 20.0. The van der Waals surface area contributed by atoms with Gasteiger partial charge in [-0.3, -0.25) is 14.5 Å². The van der Waals surface area contributed by atoms with Crippen molar-refractivity contribution in [2.75, 3.05) is 25.4 Å². The quantitative estimate of drug-likeness (QED) is 0.569. The van der Waals surface area contributed by atoms with E-state index in [1.54, 1.807) is 11.8 Å². The maximum absolute atomic E-state index is 10.7. The fourth-order valence-corrected chi connectivity index (χ4v) is 3.26. The van der Waals surface area contributed by atoms with E-state index in [2.05, 4.69) is 30.3 Å². The molecule has 0 aliphatic heterocycles. The summed E-state index contributed by atoms with van der Waals surface area (Å²) in [5.41, 5.74) is 1.21. The van der Waals surface area contributed by atoms with Gasteiger partial charge in [-0.2, -0.15) is 11.8 Å². The van der Waals surface area contributed by atoms with Crippen LogP contribution in [0.15, 0.2) is 42.5 Å². The van der Waals surface area contributed by atoms with Crippen molar-refractivity contribution in [1.82, 2.24) is 4.90 Å². The molecule has 0 bridgehead atoms. The number of carbonyl (C=O) groups is 2. The molecule has 2 rings (SSSR count). The Morgan fingerprint density at radius 1 is 0.960 bits per heavy atom. The van der Waals surface area contributed by atoms with E-state index in [1.807, 2.05) is 12.1 Å². The number of carboxylic acid groups (broad SMARTS) is 2. The van der Waals surface area contributed by atoms with Crippen molar-refractivity contribution in [1.29, 1.82) is 0 Å². The molecule has 0 atom stereocenters. The van der Waals surface area contributed by atoms with Crippen molar-refractivity contribution in [3.63, 3.8) is 0 Å². The van der Waals surface area contributed by atoms with Crippen LogP contribution in [-0.2, 0) is 37.7 Å². The Bertz CT molecular complexity index is 696. The fraction of sp³-hybridized carbons (Fsp3) is 0.294. The molecule has 6 nitrogen and oxygen atoms in total. The second kappa shape index (κ2) is 11.9. The average Bonchev–Trinajstić information content (AvgIpc) is 2.59. The molecule has 0 fully saturated rings. The molecule has 0 unspecified atom stereocenters. The van der Waals surface area contributed by atoms with E-state index in [0.29, 0.717) is 12.3 Å². The molecular weight excluding hydrogens is 429 g/mol. The zero-order valence-electron chi connectivity index (χ0n) is 13.4. The van der Waals surface area contributed by atoms with Gasteiger partial charge in [0.2, 0.25) is 0 Å². The number of thioether (sulfide) groups is 1. The third-order valence-corrected chi connectivity index (χ3v) is 4.36. The van der Waals surface area contributed by atoms with Crippen molar-refractivity contribution < 1.29 is 42.2 Å². The van der Waals surface area contributed by atoms with Crippen molar-refractivity contribution in [3.05, 3.63) is 48.0 Å². The number of carboxylic acids is 2. The van der Waals surface area contributed by atoms with Crippen molar-refractivity contribution in [3.8, 4) is 0 Å². The molecule has 0 saturated heterocycles. The molecule has 0 aliphatic carbocycles. The summed E-state index contributed by atoms with van der Waals surface area (Å²) in [6, 6.07) is 14.5. The van der Waals surface area contributed by atoms with Gasteiger partial charge in [0, 0.05) is 18.1 Å². The van der Waals surface area contributed by atoms with Crippen molar-refractivity contribution in [2.24, 2.45) is 0 Å². The van der Waals surface area contributed by atoms with E-state index in [4.69, 9.17) is 13.7 Å². The van der Waals surface area contributed by atoms with Crippen LogP contribution >= 0.6 is 11.8 Å². The van der Waals surface area contributed by atoms with Crippen molar-refractivity contribution in [2.45, 2.75) is 5.75 Å². The Morgan fingerprint density at radius 2 is 1.56 bits per heavy atom. The van der Waals surface area contributed by atoms with Gasteiger partial charge in [0.15, 0.2) is 0 Å². The first-order valence-electron chi connectivity index (χ1n) is 7.41. The number of hydrogen-bond donors (Lipinski definition) is 2. The molecule has 0 amide bonds. The summed E-state index contributed by atoms with van der Waals surface area (Å²) in [4.78, 5) is 22.9. The number of fused-ring (bicyclic) bond motifs is 1. The Hall–Kier alpha value is -1.60. The van der Waals surface area contributed by atoms with Gasteiger partial charge in [0.1, 0.15) is 0 Å². The Labute approximate surface area is 160 Å². The summed E-state index contributed by atoms with van der Waals surface area (Å²) in [5.74, 6) is -0.511. The fourth-order valence-electron chi connectivity index (χ4n) is 2.31. The van der Waals surface area contributed by atoms with Gasteiger partial charge < -0.3 is 10.2 Å². The first-order chi connectivity index (χ1) is 12.0. The molecule has 8 heteroatoms. The van der Waals surface area contributed by atoms with E-state index in [9.17, 15) is 9.59 Å². The van der Waals surface area contributed by atoms with Gasteiger partial charge >= 0.3 is 34.3 Å². The van der Waals surface area contributed by atoms with E-state index in [-0.39, 0.29) is 13.1 Å². The van der Waals surface area contributed by atoms with Gasteiger partial charge in [-0.1, -0.05) is 42.5 Å². The molecule has 0 aliphatic rings. The molecule has 135 valence electrons. The van der Waals surface area contributed by atoms with Gasteiger partial charge in [0.05, 0.1) is 13.1 Å². The van der Waals surface area contributed by atoms with Crippen molar-refractivity contribution >= 4 is 34.5 Å². The van der Waals surface area contributed by atoms with Gasteiger partial charge in [-0.05, 0) is 16.3 Å². The Kier molecular flexibility index (Phi) is 10.2. The molecule has 2 N–H and O–H groups in total. The van der Waals surface area contributed by atoms with Gasteiger partial charge in [-0.15, -0.1) is 0 Å². The van der Waals surface area contributed by atoms with Crippen LogP contribution in [0.2, 0.25) is 0 Å². The van der Waals surface area contributed by atoms with Crippen LogP contribution in [0.3, 0.4) is 0 Å². The third kappa shape index (κ3) is 8.36. The average molecular weight is 448 g/mol. The topological polar surface area (TPSA) is 94.9 Å². The zero-order chi connectivity index (χ0) is 18.7. The number of benzene rings is 2. The second-order valence-electron chi connectivity index (χ2n) is 5.23. The molecule has 0 aromatic heterocycles. The third-order valence-electron chi connectivity index (χ3n) is 3.35. The zero-order valence-corrected chi connectivity index (χ0v) is 16.1. The monoisotopic (exact) mass is 448 g/mol. The predicted molar refractivity (Wildman–Crippen MR) is 92.5 cm³/mol. The van der Waals surface area contributed by atoms with E-state index in [1.165, 1.54) is 21.2 Å². The second-order valence-corrected chi connectivity index (χ2v) is 6.34. The van der Waals surface area contributed by atoms with E-state index in [0.717, 1.165) is 24.6 Å². The molecule has 0 radical (unpaired) electrons. The number of hydrogen-bond acceptors (Lipinski definition) is 5. The molecular formula is C17H19NO5STc. The van der Waals surface area contributed by atoms with Crippen LogP contribution in [0.1, 0.15) is 5.56 Å². The summed E-state index contributed by atoms with van der Waals surface area (Å²) < 4.78 is 8.22. The van der Waals surface area contributed by atoms with Crippen LogP contribution in [-0.4, -0.2) is 52.4 Å². The van der Waals surface area contributed by atoms with Gasteiger partial charge in [-0.25, -0.2) is 0 Å². The summed E-state index contributed by atoms with van der Waals surface area (Å²) >= 11 is 2.57. The minimum absolute atomic E-state index is 0.247. The summed E-state index contributed by atoms with van der Waals surface area (Å²) in [6.45, 7) is -0.0531. The van der Waals surface area contributed by atoms with Crippen LogP contribution in [0.4, 0.5) is 0 Å². The number of rotatable bonds is 9. The van der Waals surface area contributed by atoms with Crippen LogP contribution in [0.5, 0.6) is 0 Å². The van der Waals surface area contributed by atoms with E-state index >= 15 is 0 Å². The molecule has 25 heavy (non-hydrogen) atoms. The predicted octanol–water partition coefficient (Wildman–Crippen LogP) is 2.42. The number of aliphatic carboxylic acids is 2. The SMILES string of the molecule is O=C(O)CN(CCSCc1ccc2ccccc2c1)CC(=O)O.[O]=[99Tc]. The minimum atomic E-state index is -1.01. The molecule has 2 aromatic carbocycles. The number of nitrogens with zero attached hydrogens (tertiary/aromatic N) is 1. The molecule has 0 heterocycles. The van der Waals surface area contributed by atoms with E-state index < -0.39 is 11.9 Å². The normalized spacial score (nSPS) is 10.3. The van der Waals surface area contributed by atoms with Crippen LogP contribution < -0.4 is 0 Å². The maximum atomic E-state index is 10.7. The Balaban J connectivity index is 0.00000151. The summed E-state index contributed by atoms with van der Waals surface area (Å²) in [6.07, 6.45) is 0. The molecule has 0 spiro atoms. The standard InChI is InChI=1S/C17H19NO4S.O.Tc/c19-16(20)10-18(11-17(21)22)7-8-23-12-13-5-6-14-3-1-2-4-15(14)9-13;;/h1-6,9H,7-8,10-12H2,(H,19,20)(H,21,22);;/i;;1+1. The Morgan fingerprint density at radius 3 is 2.16 bits per heavy atom.